The minimum Gasteiger partial charge on any atom is -0.315 e. The molecule has 1 heterocycles. The summed E-state index contributed by atoms with van der Waals surface area (Å²) in [6.45, 7) is 3.12. The second-order valence-electron chi connectivity index (χ2n) is 5.13. The van der Waals surface area contributed by atoms with Gasteiger partial charge in [-0.2, -0.15) is 0 Å². The first-order chi connectivity index (χ1) is 8.31. The average Bonchev–Trinajstić information content (AvgIpc) is 2.60. The molecule has 0 amide bonds. The van der Waals surface area contributed by atoms with Crippen molar-refractivity contribution in [3.8, 4) is 0 Å². The topological polar surface area (TPSA) is 24.9 Å². The van der Waals surface area contributed by atoms with Crippen molar-refractivity contribution in [2.45, 2.75) is 64.3 Å². The molecule has 0 bridgehead atoms. The van der Waals surface area contributed by atoms with Crippen LogP contribution in [0, 0.1) is 6.92 Å². The summed E-state index contributed by atoms with van der Waals surface area (Å²) in [6, 6.07) is 0. The van der Waals surface area contributed by atoms with E-state index in [2.05, 4.69) is 12.2 Å². The molecule has 1 aromatic rings. The van der Waals surface area contributed by atoms with Gasteiger partial charge in [0.05, 0.1) is 10.7 Å². The van der Waals surface area contributed by atoms with Crippen LogP contribution in [0.15, 0.2) is 0 Å². The van der Waals surface area contributed by atoms with Crippen LogP contribution < -0.4 is 5.32 Å². The van der Waals surface area contributed by atoms with E-state index in [9.17, 15) is 0 Å². The van der Waals surface area contributed by atoms with Crippen LogP contribution >= 0.6 is 11.3 Å². The molecular formula is C14H24N2S. The third-order valence-corrected chi connectivity index (χ3v) is 5.02. The van der Waals surface area contributed by atoms with Gasteiger partial charge in [-0.15, -0.1) is 11.3 Å². The van der Waals surface area contributed by atoms with E-state index in [1.807, 2.05) is 18.4 Å². The predicted molar refractivity (Wildman–Crippen MR) is 74.7 cm³/mol. The molecule has 2 nitrogen and oxygen atoms in total. The number of hydrogen-bond donors (Lipinski definition) is 1. The lowest BCUT2D eigenvalue weighted by Gasteiger charge is -2.17. The standard InChI is InChI=1S/C14H24N2S/c1-11-13(10-15-2)17-14(16-11)12-8-6-4-3-5-7-9-12/h12,15H,3-10H2,1-2H3. The highest BCUT2D eigenvalue weighted by Gasteiger charge is 2.18. The van der Waals surface area contributed by atoms with E-state index in [1.54, 1.807) is 0 Å². The molecule has 3 heteroatoms. The third kappa shape index (κ3) is 3.52. The molecule has 0 aliphatic heterocycles. The lowest BCUT2D eigenvalue weighted by atomic mass is 9.92. The zero-order valence-corrected chi connectivity index (χ0v) is 11.9. The fourth-order valence-corrected chi connectivity index (χ4v) is 3.90. The summed E-state index contributed by atoms with van der Waals surface area (Å²) in [5.41, 5.74) is 1.24. The smallest absolute Gasteiger partial charge is 0.0962 e. The van der Waals surface area contributed by atoms with Crippen LogP contribution in [0.2, 0.25) is 0 Å². The van der Waals surface area contributed by atoms with Crippen LogP contribution in [-0.2, 0) is 6.54 Å². The van der Waals surface area contributed by atoms with Crippen LogP contribution in [0.1, 0.15) is 66.4 Å². The molecule has 96 valence electrons. The van der Waals surface area contributed by atoms with Gasteiger partial charge in [0.1, 0.15) is 0 Å². The number of aromatic nitrogens is 1. The second kappa shape index (κ2) is 6.50. The number of nitrogens with one attached hydrogen (secondary N) is 1. The molecule has 1 fully saturated rings. The highest BCUT2D eigenvalue weighted by molar-refractivity contribution is 7.11. The number of rotatable bonds is 3. The molecule has 1 aromatic heterocycles. The Hall–Kier alpha value is -0.410. The Morgan fingerprint density at radius 1 is 1.18 bits per heavy atom. The van der Waals surface area contributed by atoms with Crippen molar-refractivity contribution >= 4 is 11.3 Å². The maximum Gasteiger partial charge on any atom is 0.0962 e. The van der Waals surface area contributed by atoms with E-state index >= 15 is 0 Å². The van der Waals surface area contributed by atoms with E-state index in [0.717, 1.165) is 12.5 Å². The molecule has 0 aromatic carbocycles. The van der Waals surface area contributed by atoms with Crippen LogP contribution in [0.3, 0.4) is 0 Å². The Morgan fingerprint density at radius 3 is 2.47 bits per heavy atom. The van der Waals surface area contributed by atoms with Gasteiger partial charge in [-0.1, -0.05) is 32.1 Å². The van der Waals surface area contributed by atoms with Crippen molar-refractivity contribution in [2.24, 2.45) is 0 Å². The molecule has 0 spiro atoms. The quantitative estimate of drug-likeness (QED) is 0.879. The number of nitrogens with zero attached hydrogens (tertiary/aromatic N) is 1. The van der Waals surface area contributed by atoms with Crippen molar-refractivity contribution in [1.82, 2.24) is 10.3 Å². The van der Waals surface area contributed by atoms with Crippen molar-refractivity contribution < 1.29 is 0 Å². The Balaban J connectivity index is 2.06. The maximum atomic E-state index is 4.80. The van der Waals surface area contributed by atoms with Gasteiger partial charge in [0, 0.05) is 17.3 Å². The molecular weight excluding hydrogens is 228 g/mol. The third-order valence-electron chi connectivity index (χ3n) is 3.70. The summed E-state index contributed by atoms with van der Waals surface area (Å²) < 4.78 is 0. The molecule has 1 aliphatic carbocycles. The molecule has 1 aliphatic rings. The number of thiazole rings is 1. The van der Waals surface area contributed by atoms with Crippen LogP contribution in [0.25, 0.3) is 0 Å². The molecule has 1 saturated carbocycles. The Bertz CT molecular complexity index is 338. The fourth-order valence-electron chi connectivity index (χ4n) is 2.65. The SMILES string of the molecule is CNCc1sc(C2CCCCCCC2)nc1C. The van der Waals surface area contributed by atoms with E-state index in [0.29, 0.717) is 0 Å². The minimum absolute atomic E-state index is 0.740. The molecule has 2 rings (SSSR count). The van der Waals surface area contributed by atoms with Gasteiger partial charge >= 0.3 is 0 Å². The molecule has 17 heavy (non-hydrogen) atoms. The van der Waals surface area contributed by atoms with Crippen molar-refractivity contribution in [1.29, 1.82) is 0 Å². The summed E-state index contributed by atoms with van der Waals surface area (Å²) in [6.07, 6.45) is 9.77. The lowest BCUT2D eigenvalue weighted by Crippen LogP contribution is -2.04. The van der Waals surface area contributed by atoms with Crippen molar-refractivity contribution in [2.75, 3.05) is 7.05 Å². The van der Waals surface area contributed by atoms with Gasteiger partial charge in [0.2, 0.25) is 0 Å². The van der Waals surface area contributed by atoms with E-state index in [4.69, 9.17) is 4.98 Å². The highest BCUT2D eigenvalue weighted by Crippen LogP contribution is 2.34. The van der Waals surface area contributed by atoms with Crippen LogP contribution in [0.5, 0.6) is 0 Å². The first-order valence-electron chi connectivity index (χ1n) is 6.92. The van der Waals surface area contributed by atoms with Crippen LogP contribution in [0.4, 0.5) is 0 Å². The van der Waals surface area contributed by atoms with Crippen LogP contribution in [-0.4, -0.2) is 12.0 Å². The zero-order chi connectivity index (χ0) is 12.1. The monoisotopic (exact) mass is 252 g/mol. The Morgan fingerprint density at radius 2 is 1.82 bits per heavy atom. The van der Waals surface area contributed by atoms with Gasteiger partial charge in [0.15, 0.2) is 0 Å². The Labute approximate surface area is 109 Å². The summed E-state index contributed by atoms with van der Waals surface area (Å²) in [5, 5.41) is 4.63. The molecule has 0 atom stereocenters. The first kappa shape index (κ1) is 13.0. The summed E-state index contributed by atoms with van der Waals surface area (Å²) in [5.74, 6) is 0.740. The molecule has 1 N–H and O–H groups in total. The summed E-state index contributed by atoms with van der Waals surface area (Å²) in [4.78, 5) is 6.22. The Kier molecular flexibility index (Phi) is 4.99. The average molecular weight is 252 g/mol. The van der Waals surface area contributed by atoms with Gasteiger partial charge < -0.3 is 5.32 Å². The largest absolute Gasteiger partial charge is 0.315 e. The van der Waals surface area contributed by atoms with Crippen molar-refractivity contribution in [3.63, 3.8) is 0 Å². The van der Waals surface area contributed by atoms with Gasteiger partial charge in [-0.05, 0) is 26.8 Å². The number of hydrogen-bond acceptors (Lipinski definition) is 3. The minimum atomic E-state index is 0.740. The maximum absolute atomic E-state index is 4.80. The molecule has 0 radical (unpaired) electrons. The predicted octanol–water partition coefficient (Wildman–Crippen LogP) is 4.00. The highest BCUT2D eigenvalue weighted by atomic mass is 32.1. The number of aryl methyl sites for hydroxylation is 1. The normalized spacial score (nSPS) is 18.9. The van der Waals surface area contributed by atoms with E-state index in [-0.39, 0.29) is 0 Å². The molecule has 0 unspecified atom stereocenters. The van der Waals surface area contributed by atoms with Gasteiger partial charge in [0.25, 0.3) is 0 Å². The van der Waals surface area contributed by atoms with Crippen molar-refractivity contribution in [3.05, 3.63) is 15.6 Å². The zero-order valence-electron chi connectivity index (χ0n) is 11.1. The van der Waals surface area contributed by atoms with E-state index < -0.39 is 0 Å². The lowest BCUT2D eigenvalue weighted by molar-refractivity contribution is 0.454. The first-order valence-corrected chi connectivity index (χ1v) is 7.73. The summed E-state index contributed by atoms with van der Waals surface area (Å²) in [7, 11) is 2.01. The summed E-state index contributed by atoms with van der Waals surface area (Å²) >= 11 is 1.93. The molecule has 0 saturated heterocycles. The second-order valence-corrected chi connectivity index (χ2v) is 6.25. The fraction of sp³-hybridized carbons (Fsp3) is 0.786. The van der Waals surface area contributed by atoms with E-state index in [1.165, 1.54) is 60.5 Å². The van der Waals surface area contributed by atoms with Gasteiger partial charge in [-0.3, -0.25) is 0 Å². The van der Waals surface area contributed by atoms with Gasteiger partial charge in [-0.25, -0.2) is 4.98 Å².